The molecule has 3 heterocycles. The predicted octanol–water partition coefficient (Wildman–Crippen LogP) is 12.2. The van der Waals surface area contributed by atoms with Crippen LogP contribution >= 0.6 is 0 Å². The maximum Gasteiger partial charge on any atom is 0.221 e. The number of hydrogen-bond donors (Lipinski definition) is 0. The fourth-order valence-corrected chi connectivity index (χ4v) is 7.74. The summed E-state index contributed by atoms with van der Waals surface area (Å²) in [5.74, 6) is 0.835. The minimum Gasteiger partial charge on any atom is -0.274 e. The first-order chi connectivity index (χ1) is 25.8. The summed E-state index contributed by atoms with van der Waals surface area (Å²) in [7, 11) is 0. The number of rotatable bonds is 6. The van der Waals surface area contributed by atoms with E-state index in [0.717, 1.165) is 50.4 Å². The Balaban J connectivity index is 1.35. The van der Waals surface area contributed by atoms with Crippen LogP contribution in [0.4, 0.5) is 0 Å². The van der Waals surface area contributed by atoms with Crippen LogP contribution < -0.4 is 0 Å². The van der Waals surface area contributed by atoms with E-state index in [0.29, 0.717) is 0 Å². The summed E-state index contributed by atoms with van der Waals surface area (Å²) in [5.41, 5.74) is 16.6. The molecule has 0 aliphatic heterocycles. The number of nitrogens with zero attached hydrogens (tertiary/aromatic N) is 4. The van der Waals surface area contributed by atoms with Crippen LogP contribution in [-0.4, -0.2) is 18.9 Å². The summed E-state index contributed by atoms with van der Waals surface area (Å²) >= 11 is 0. The van der Waals surface area contributed by atoms with Crippen molar-refractivity contribution in [2.75, 3.05) is 0 Å². The first-order valence-corrected chi connectivity index (χ1v) is 17.6. The molecule has 0 aliphatic rings. The van der Waals surface area contributed by atoms with E-state index in [1.807, 2.05) is 18.3 Å². The Morgan fingerprint density at radius 2 is 0.904 bits per heavy atom. The highest BCUT2D eigenvalue weighted by atomic mass is 15.2. The second-order valence-corrected chi connectivity index (χ2v) is 13.0. The van der Waals surface area contributed by atoms with Gasteiger partial charge in [-0.3, -0.25) is 8.97 Å². The predicted molar refractivity (Wildman–Crippen MR) is 215 cm³/mol. The number of imidazole rings is 2. The lowest BCUT2D eigenvalue weighted by Gasteiger charge is -2.24. The molecule has 0 aliphatic carbocycles. The molecule has 4 nitrogen and oxygen atoms in total. The minimum absolute atomic E-state index is 0.835. The number of para-hydroxylation sites is 2. The minimum atomic E-state index is 0.835. The third-order valence-corrected chi connectivity index (χ3v) is 9.98. The van der Waals surface area contributed by atoms with E-state index in [2.05, 4.69) is 185 Å². The lowest BCUT2D eigenvalue weighted by molar-refractivity contribution is 1.09. The molecule has 52 heavy (non-hydrogen) atoms. The van der Waals surface area contributed by atoms with Crippen LogP contribution in [0.5, 0.6) is 0 Å². The van der Waals surface area contributed by atoms with Crippen LogP contribution in [0.1, 0.15) is 0 Å². The van der Waals surface area contributed by atoms with Gasteiger partial charge in [-0.1, -0.05) is 146 Å². The summed E-state index contributed by atoms with van der Waals surface area (Å²) in [5, 5.41) is 0. The maximum absolute atomic E-state index is 5.15. The monoisotopic (exact) mass is 664 g/mol. The quantitative estimate of drug-likeness (QED) is 0.177. The van der Waals surface area contributed by atoms with Gasteiger partial charge in [-0.25, -0.2) is 9.97 Å². The van der Waals surface area contributed by atoms with Gasteiger partial charge in [-0.05, 0) is 98.1 Å². The fourth-order valence-electron chi connectivity index (χ4n) is 7.74. The number of pyridine rings is 1. The van der Waals surface area contributed by atoms with E-state index in [9.17, 15) is 0 Å². The Bertz CT molecular complexity index is 2770. The van der Waals surface area contributed by atoms with Crippen molar-refractivity contribution in [1.29, 1.82) is 0 Å². The summed E-state index contributed by atoms with van der Waals surface area (Å²) in [6.45, 7) is 0. The van der Waals surface area contributed by atoms with Crippen LogP contribution in [0, 0.1) is 0 Å². The summed E-state index contributed by atoms with van der Waals surface area (Å²) in [4.78, 5) is 10.1. The van der Waals surface area contributed by atoms with Crippen LogP contribution in [0.2, 0.25) is 0 Å². The first kappa shape index (κ1) is 29.8. The van der Waals surface area contributed by atoms with Gasteiger partial charge >= 0.3 is 0 Å². The largest absolute Gasteiger partial charge is 0.274 e. The first-order valence-electron chi connectivity index (χ1n) is 17.6. The number of benzene rings is 7. The Kier molecular flexibility index (Phi) is 7.10. The average Bonchev–Trinajstić information content (AvgIpc) is 3.76. The van der Waals surface area contributed by atoms with Gasteiger partial charge in [0, 0.05) is 6.20 Å². The zero-order chi connectivity index (χ0) is 34.4. The smallest absolute Gasteiger partial charge is 0.221 e. The summed E-state index contributed by atoms with van der Waals surface area (Å²) < 4.78 is 4.42. The molecule has 4 heteroatoms. The molecule has 0 bridgehead atoms. The molecule has 3 aromatic heterocycles. The summed E-state index contributed by atoms with van der Waals surface area (Å²) in [6.07, 6.45) is 1.86. The van der Waals surface area contributed by atoms with Gasteiger partial charge < -0.3 is 0 Å². The highest BCUT2D eigenvalue weighted by Gasteiger charge is 2.25. The third kappa shape index (κ3) is 4.84. The number of aromatic nitrogens is 4. The van der Waals surface area contributed by atoms with Crippen molar-refractivity contribution in [3.63, 3.8) is 0 Å². The van der Waals surface area contributed by atoms with Gasteiger partial charge in [0.05, 0.1) is 22.2 Å². The van der Waals surface area contributed by atoms with Crippen molar-refractivity contribution in [2.45, 2.75) is 0 Å². The topological polar surface area (TPSA) is 35.1 Å². The molecular weight excluding hydrogens is 633 g/mol. The van der Waals surface area contributed by atoms with Crippen LogP contribution in [-0.2, 0) is 0 Å². The molecule has 7 aromatic carbocycles. The normalized spacial score (nSPS) is 11.5. The van der Waals surface area contributed by atoms with E-state index in [-0.39, 0.29) is 0 Å². The Morgan fingerprint density at radius 3 is 1.52 bits per heavy atom. The van der Waals surface area contributed by atoms with Crippen LogP contribution in [0.25, 0.3) is 89.3 Å². The Hall–Kier alpha value is -7.04. The Morgan fingerprint density at radius 1 is 0.385 bits per heavy atom. The van der Waals surface area contributed by atoms with Crippen molar-refractivity contribution in [2.24, 2.45) is 0 Å². The molecule has 0 spiro atoms. The highest BCUT2D eigenvalue weighted by Crippen LogP contribution is 2.50. The SMILES string of the molecule is c1ccc(-c2cc(-c3ccccc3)c(-c3ccccc3)c(-c3cccc(-n4c5ncccc5n5c6ccccc6nc45)c3)c2-c2ccccc2)cc1. The number of fused-ring (bicyclic) bond motifs is 5. The van der Waals surface area contributed by atoms with E-state index in [4.69, 9.17) is 9.97 Å². The molecule has 244 valence electrons. The van der Waals surface area contributed by atoms with Gasteiger partial charge in [-0.15, -0.1) is 0 Å². The zero-order valence-corrected chi connectivity index (χ0v) is 28.3. The van der Waals surface area contributed by atoms with E-state index >= 15 is 0 Å². The van der Waals surface area contributed by atoms with Crippen molar-refractivity contribution in [3.8, 4) is 61.3 Å². The van der Waals surface area contributed by atoms with Crippen molar-refractivity contribution in [3.05, 3.63) is 194 Å². The highest BCUT2D eigenvalue weighted by molar-refractivity contribution is 6.07. The number of hydrogen-bond acceptors (Lipinski definition) is 2. The third-order valence-electron chi connectivity index (χ3n) is 9.98. The standard InChI is InChI=1S/C48H32N4/c1-5-17-33(18-6-1)39-32-40(34-19-7-2-8-20-34)45(36-23-11-4-12-24-36)46(44(39)35-21-9-3-10-22-35)37-25-15-26-38(31-37)51-47-43(29-16-30-49-47)52-42-28-14-13-27-41(42)50-48(51)52/h1-32H. The van der Waals surface area contributed by atoms with Crippen molar-refractivity contribution < 1.29 is 0 Å². The molecule has 0 fully saturated rings. The lowest BCUT2D eigenvalue weighted by Crippen LogP contribution is -2.00. The average molecular weight is 665 g/mol. The molecular formula is C48H32N4. The van der Waals surface area contributed by atoms with Crippen LogP contribution in [0.3, 0.4) is 0 Å². The molecule has 10 rings (SSSR count). The van der Waals surface area contributed by atoms with Crippen LogP contribution in [0.15, 0.2) is 194 Å². The van der Waals surface area contributed by atoms with Gasteiger partial charge in [0.1, 0.15) is 0 Å². The van der Waals surface area contributed by atoms with Gasteiger partial charge in [0.25, 0.3) is 0 Å². The molecule has 0 saturated carbocycles. The van der Waals surface area contributed by atoms with Gasteiger partial charge in [0.2, 0.25) is 5.78 Å². The van der Waals surface area contributed by atoms with Gasteiger partial charge in [-0.2, -0.15) is 0 Å². The van der Waals surface area contributed by atoms with Crippen molar-refractivity contribution >= 4 is 28.0 Å². The van der Waals surface area contributed by atoms with Gasteiger partial charge in [0.15, 0.2) is 5.65 Å². The Labute approximate surface area is 301 Å². The summed E-state index contributed by atoms with van der Waals surface area (Å²) in [6, 6.07) is 66.9. The lowest BCUT2D eigenvalue weighted by atomic mass is 9.79. The van der Waals surface area contributed by atoms with Crippen molar-refractivity contribution in [1.82, 2.24) is 18.9 Å². The molecule has 0 radical (unpaired) electrons. The zero-order valence-electron chi connectivity index (χ0n) is 28.3. The fraction of sp³-hybridized carbons (Fsp3) is 0. The van der Waals surface area contributed by atoms with E-state index in [1.165, 1.54) is 38.9 Å². The van der Waals surface area contributed by atoms with E-state index < -0.39 is 0 Å². The molecule has 0 N–H and O–H groups in total. The molecule has 0 saturated heterocycles. The molecule has 0 atom stereocenters. The van der Waals surface area contributed by atoms with E-state index in [1.54, 1.807) is 0 Å². The molecule has 0 unspecified atom stereocenters. The molecule has 10 aromatic rings. The maximum atomic E-state index is 5.15. The second kappa shape index (κ2) is 12.4. The molecule has 0 amide bonds. The second-order valence-electron chi connectivity index (χ2n) is 13.0.